The van der Waals surface area contributed by atoms with Crippen molar-refractivity contribution < 1.29 is 33.6 Å². The summed E-state index contributed by atoms with van der Waals surface area (Å²) < 4.78 is 23.5. The first-order valence-corrected chi connectivity index (χ1v) is 15.2. The van der Waals surface area contributed by atoms with Gasteiger partial charge in [0.05, 0.1) is 25.3 Å². The summed E-state index contributed by atoms with van der Waals surface area (Å²) in [6.07, 6.45) is 1.33. The maximum absolute atomic E-state index is 13.0. The molecule has 0 aromatic heterocycles. The number of hydrogen-bond donors (Lipinski definition) is 2. The van der Waals surface area contributed by atoms with Gasteiger partial charge in [0.25, 0.3) is 0 Å². The maximum atomic E-state index is 13.0. The molecule has 2 N–H and O–H groups in total. The Balaban J connectivity index is 1.59. The van der Waals surface area contributed by atoms with Gasteiger partial charge >= 0.3 is 5.97 Å². The van der Waals surface area contributed by atoms with Crippen LogP contribution in [-0.2, 0) is 22.4 Å². The summed E-state index contributed by atoms with van der Waals surface area (Å²) in [5.41, 5.74) is 4.79. The molecule has 5 atom stereocenters. The summed E-state index contributed by atoms with van der Waals surface area (Å²) in [7, 11) is 3.55. The van der Waals surface area contributed by atoms with Crippen LogP contribution in [0, 0.1) is 31.1 Å². The molecule has 1 saturated heterocycles. The number of fused-ring (bicyclic) bond motifs is 9. The fourth-order valence-electron chi connectivity index (χ4n) is 7.96. The normalized spacial score (nSPS) is 25.0. The van der Waals surface area contributed by atoms with E-state index in [1.807, 2.05) is 34.7 Å². The van der Waals surface area contributed by atoms with Gasteiger partial charge in [0, 0.05) is 54.2 Å². The summed E-state index contributed by atoms with van der Waals surface area (Å²) in [4.78, 5) is 29.8. The van der Waals surface area contributed by atoms with E-state index in [-0.39, 0.29) is 49.0 Å². The maximum Gasteiger partial charge on any atom is 0.308 e. The van der Waals surface area contributed by atoms with E-state index >= 15 is 0 Å². The van der Waals surface area contributed by atoms with Gasteiger partial charge < -0.3 is 29.4 Å². The Morgan fingerprint density at radius 2 is 1.89 bits per heavy atom. The predicted molar refractivity (Wildman–Crippen MR) is 160 cm³/mol. The van der Waals surface area contributed by atoms with E-state index in [0.717, 1.165) is 27.8 Å². The van der Waals surface area contributed by atoms with Crippen LogP contribution < -0.4 is 24.3 Å². The monoisotopic (exact) mass is 604 g/mol. The van der Waals surface area contributed by atoms with Crippen molar-refractivity contribution in [3.63, 3.8) is 0 Å². The first-order chi connectivity index (χ1) is 21.0. The average molecular weight is 605 g/mol. The minimum Gasteiger partial charge on any atom is -0.504 e. The highest BCUT2D eigenvalue weighted by molar-refractivity contribution is 5.77. The van der Waals surface area contributed by atoms with Crippen LogP contribution in [0.5, 0.6) is 28.7 Å². The molecular weight excluding hydrogens is 564 g/mol. The topological polar surface area (TPSA) is 134 Å². The number of aromatic hydroxyl groups is 1. The molecule has 4 aliphatic rings. The zero-order valence-electron chi connectivity index (χ0n) is 26.3. The zero-order valence-corrected chi connectivity index (χ0v) is 26.3. The average Bonchev–Trinajstić information content (AvgIpc) is 3.44. The third kappa shape index (κ3) is 4.54. The Morgan fingerprint density at radius 3 is 2.55 bits per heavy atom. The Hall–Kier alpha value is -4.01. The standard InChI is InChI=1S/C33H40N4O7/c1-15(2)8-25(39)35-13-24-27-20(31(44-18(5)38)17(4)32-33(27)43-14-42-32)11-22-28-26-19(9-16(3)30(41-7)29(26)40)10-21(36(28)6)23(12-34)37(22)24/h9,15,21-24,28,40H,8,10-11,13-14H2,1-7H3,(H,35,39)/t21-,22?,23+,24+,28-/m1/s1. The number of nitrogens with one attached hydrogen (secondary N) is 1. The fraction of sp³-hybridized carbons (Fsp3) is 0.545. The number of carbonyl (C=O) groups excluding carboxylic acids is 2. The second-order valence-electron chi connectivity index (χ2n) is 12.7. The van der Waals surface area contributed by atoms with Gasteiger partial charge in [0.1, 0.15) is 11.8 Å². The van der Waals surface area contributed by atoms with Crippen molar-refractivity contribution in [3.8, 4) is 34.8 Å². The Morgan fingerprint density at radius 1 is 1.16 bits per heavy atom. The van der Waals surface area contributed by atoms with Crippen LogP contribution >= 0.6 is 0 Å². The van der Waals surface area contributed by atoms with Gasteiger partial charge in [-0.1, -0.05) is 19.9 Å². The van der Waals surface area contributed by atoms with Gasteiger partial charge in [0.2, 0.25) is 12.7 Å². The third-order valence-electron chi connectivity index (χ3n) is 9.60. The van der Waals surface area contributed by atoms with E-state index in [1.54, 1.807) is 7.11 Å². The molecule has 234 valence electrons. The van der Waals surface area contributed by atoms with Crippen molar-refractivity contribution in [1.29, 1.82) is 5.26 Å². The van der Waals surface area contributed by atoms with E-state index in [9.17, 15) is 20.0 Å². The van der Waals surface area contributed by atoms with E-state index in [2.05, 4.69) is 27.3 Å². The highest BCUT2D eigenvalue weighted by atomic mass is 16.7. The van der Waals surface area contributed by atoms with Crippen molar-refractivity contribution in [1.82, 2.24) is 15.1 Å². The molecule has 4 heterocycles. The molecule has 4 aliphatic heterocycles. The smallest absolute Gasteiger partial charge is 0.308 e. The number of methoxy groups -OCH3 is 1. The van der Waals surface area contributed by atoms with Crippen LogP contribution in [0.4, 0.5) is 0 Å². The van der Waals surface area contributed by atoms with Gasteiger partial charge in [-0.2, -0.15) is 5.26 Å². The number of nitrogens with zero attached hydrogens (tertiary/aromatic N) is 3. The number of amides is 1. The number of ether oxygens (including phenoxy) is 4. The number of esters is 1. The van der Waals surface area contributed by atoms with Crippen molar-refractivity contribution in [2.45, 2.75) is 84.1 Å². The first-order valence-electron chi connectivity index (χ1n) is 15.2. The molecule has 1 fully saturated rings. The minimum absolute atomic E-state index is 0.0120. The van der Waals surface area contributed by atoms with Crippen LogP contribution in [0.15, 0.2) is 6.07 Å². The number of rotatable bonds is 6. The van der Waals surface area contributed by atoms with Crippen LogP contribution in [0.2, 0.25) is 0 Å². The van der Waals surface area contributed by atoms with Crippen molar-refractivity contribution in [2.24, 2.45) is 5.92 Å². The molecule has 2 aromatic rings. The van der Waals surface area contributed by atoms with Gasteiger partial charge in [-0.25, -0.2) is 0 Å². The van der Waals surface area contributed by atoms with E-state index < -0.39 is 18.1 Å². The van der Waals surface area contributed by atoms with Gasteiger partial charge in [0.15, 0.2) is 23.0 Å². The molecule has 0 saturated carbocycles. The molecule has 2 bridgehead atoms. The largest absolute Gasteiger partial charge is 0.504 e. The molecule has 6 rings (SSSR count). The Bertz CT molecular complexity index is 1580. The molecule has 0 spiro atoms. The lowest BCUT2D eigenvalue weighted by molar-refractivity contribution is -0.132. The lowest BCUT2D eigenvalue weighted by Crippen LogP contribution is -2.68. The highest BCUT2D eigenvalue weighted by Gasteiger charge is 2.56. The van der Waals surface area contributed by atoms with Crippen molar-refractivity contribution in [2.75, 3.05) is 27.5 Å². The summed E-state index contributed by atoms with van der Waals surface area (Å²) in [6.45, 7) is 9.32. The Kier molecular flexibility index (Phi) is 7.62. The summed E-state index contributed by atoms with van der Waals surface area (Å²) in [5, 5.41) is 25.5. The first kappa shape index (κ1) is 30.0. The van der Waals surface area contributed by atoms with Crippen molar-refractivity contribution >= 4 is 11.9 Å². The zero-order chi connectivity index (χ0) is 31.6. The molecular formula is C33H40N4O7. The number of carbonyl (C=O) groups is 2. The highest BCUT2D eigenvalue weighted by Crippen LogP contribution is 2.58. The van der Waals surface area contributed by atoms with E-state index in [4.69, 9.17) is 18.9 Å². The number of phenolic OH excluding ortho intramolecular Hbond substituents is 1. The predicted octanol–water partition coefficient (Wildman–Crippen LogP) is 3.61. The number of hydrogen-bond acceptors (Lipinski definition) is 10. The number of aryl methyl sites for hydroxylation is 1. The second kappa shape index (κ2) is 11.2. The Labute approximate surface area is 257 Å². The van der Waals surface area contributed by atoms with Crippen LogP contribution in [-0.4, -0.2) is 72.4 Å². The number of benzene rings is 2. The van der Waals surface area contributed by atoms with E-state index in [0.29, 0.717) is 47.8 Å². The lowest BCUT2D eigenvalue weighted by Gasteiger charge is -2.60. The SMILES string of the molecule is COc1c(C)cc2c(c1O)[C@H]1C3Cc4c(OC(C)=O)c(C)c5c(c4[C@H](CNC(=O)CC(C)C)N3[C@@H](C#N)[C@@H](C2)N1C)OCO5. The molecule has 0 radical (unpaired) electrons. The number of likely N-dealkylation sites (N-methyl/N-ethyl adjacent to an activating group) is 1. The van der Waals surface area contributed by atoms with Crippen LogP contribution in [0.3, 0.4) is 0 Å². The summed E-state index contributed by atoms with van der Waals surface area (Å²) in [5.74, 6) is 1.62. The molecule has 2 aromatic carbocycles. The van der Waals surface area contributed by atoms with Crippen LogP contribution in [0.1, 0.15) is 72.7 Å². The molecule has 0 aliphatic carbocycles. The molecule has 1 amide bonds. The number of nitriles is 1. The summed E-state index contributed by atoms with van der Waals surface area (Å²) in [6, 6.07) is 2.79. The number of phenols is 1. The lowest BCUT2D eigenvalue weighted by atomic mass is 9.71. The van der Waals surface area contributed by atoms with Gasteiger partial charge in [-0.3, -0.25) is 19.4 Å². The van der Waals surface area contributed by atoms with Crippen molar-refractivity contribution in [3.05, 3.63) is 39.4 Å². The van der Waals surface area contributed by atoms with Gasteiger partial charge in [-0.15, -0.1) is 0 Å². The number of piperazine rings is 1. The molecule has 11 nitrogen and oxygen atoms in total. The second-order valence-corrected chi connectivity index (χ2v) is 12.7. The van der Waals surface area contributed by atoms with E-state index in [1.165, 1.54) is 6.92 Å². The molecule has 11 heteroatoms. The molecule has 1 unspecified atom stereocenters. The van der Waals surface area contributed by atoms with Gasteiger partial charge in [-0.05, 0) is 50.8 Å². The fourth-order valence-corrected chi connectivity index (χ4v) is 7.96. The molecule has 44 heavy (non-hydrogen) atoms. The quantitative estimate of drug-likeness (QED) is 0.372. The van der Waals surface area contributed by atoms with Crippen LogP contribution in [0.25, 0.3) is 0 Å². The minimum atomic E-state index is -0.546. The summed E-state index contributed by atoms with van der Waals surface area (Å²) >= 11 is 0. The third-order valence-corrected chi connectivity index (χ3v) is 9.60.